The predicted octanol–water partition coefficient (Wildman–Crippen LogP) is 4.07. The summed E-state index contributed by atoms with van der Waals surface area (Å²) in [6.07, 6.45) is 0.920. The minimum absolute atomic E-state index is 0.0509. The van der Waals surface area contributed by atoms with Gasteiger partial charge in [0.2, 0.25) is 0 Å². The number of nitrogens with zero attached hydrogens (tertiary/aromatic N) is 2. The van der Waals surface area contributed by atoms with Crippen molar-refractivity contribution >= 4 is 17.5 Å². The van der Waals surface area contributed by atoms with Crippen LogP contribution in [0.1, 0.15) is 35.6 Å². The lowest BCUT2D eigenvalue weighted by atomic mass is 10.0. The zero-order valence-corrected chi connectivity index (χ0v) is 14.1. The number of hydrogen-bond acceptors (Lipinski definition) is 3. The summed E-state index contributed by atoms with van der Waals surface area (Å²) in [6, 6.07) is 6.93. The SMILES string of the molecule is Cc1nn(C(=O)COc2ccc(Cl)cc2)c(C)c1CC(C)C. The van der Waals surface area contributed by atoms with Crippen molar-refractivity contribution < 1.29 is 9.53 Å². The van der Waals surface area contributed by atoms with Crippen molar-refractivity contribution in [2.45, 2.75) is 34.1 Å². The summed E-state index contributed by atoms with van der Waals surface area (Å²) in [5.74, 6) is 0.961. The van der Waals surface area contributed by atoms with E-state index < -0.39 is 0 Å². The van der Waals surface area contributed by atoms with Crippen molar-refractivity contribution in [2.24, 2.45) is 5.92 Å². The van der Waals surface area contributed by atoms with E-state index in [0.717, 1.165) is 23.4 Å². The molecule has 0 fully saturated rings. The molecule has 0 saturated carbocycles. The molecule has 0 amide bonds. The van der Waals surface area contributed by atoms with E-state index in [1.807, 2.05) is 13.8 Å². The van der Waals surface area contributed by atoms with Gasteiger partial charge in [-0.3, -0.25) is 4.79 Å². The van der Waals surface area contributed by atoms with Gasteiger partial charge in [0.05, 0.1) is 5.69 Å². The molecule has 1 heterocycles. The molecule has 0 bridgehead atoms. The number of aryl methyl sites for hydroxylation is 1. The van der Waals surface area contributed by atoms with Crippen LogP contribution in [-0.4, -0.2) is 22.3 Å². The molecular weight excluding hydrogens is 300 g/mol. The van der Waals surface area contributed by atoms with Crippen LogP contribution >= 0.6 is 11.6 Å². The van der Waals surface area contributed by atoms with Gasteiger partial charge in [-0.25, -0.2) is 4.68 Å². The van der Waals surface area contributed by atoms with Crippen molar-refractivity contribution in [3.05, 3.63) is 46.2 Å². The average Bonchev–Trinajstić information content (AvgIpc) is 2.74. The van der Waals surface area contributed by atoms with Gasteiger partial charge in [-0.05, 0) is 56.0 Å². The van der Waals surface area contributed by atoms with Crippen LogP contribution in [0.2, 0.25) is 5.02 Å². The van der Waals surface area contributed by atoms with Gasteiger partial charge in [0, 0.05) is 10.7 Å². The first kappa shape index (κ1) is 16.6. The maximum absolute atomic E-state index is 12.3. The Balaban J connectivity index is 2.08. The van der Waals surface area contributed by atoms with E-state index in [9.17, 15) is 4.79 Å². The lowest BCUT2D eigenvalue weighted by Crippen LogP contribution is -2.21. The molecule has 1 aromatic heterocycles. The number of benzene rings is 1. The topological polar surface area (TPSA) is 44.1 Å². The summed E-state index contributed by atoms with van der Waals surface area (Å²) in [7, 11) is 0. The van der Waals surface area contributed by atoms with E-state index in [0.29, 0.717) is 16.7 Å². The second-order valence-corrected chi connectivity index (χ2v) is 6.23. The van der Waals surface area contributed by atoms with E-state index in [1.165, 1.54) is 4.68 Å². The molecule has 1 aromatic carbocycles. The third-order valence-corrected chi connectivity index (χ3v) is 3.72. The van der Waals surface area contributed by atoms with Crippen LogP contribution in [-0.2, 0) is 6.42 Å². The second-order valence-electron chi connectivity index (χ2n) is 5.80. The van der Waals surface area contributed by atoms with Crippen LogP contribution in [0, 0.1) is 19.8 Å². The molecule has 4 nitrogen and oxygen atoms in total. The Hall–Kier alpha value is -1.81. The van der Waals surface area contributed by atoms with Gasteiger partial charge in [-0.1, -0.05) is 25.4 Å². The van der Waals surface area contributed by atoms with Gasteiger partial charge in [0.1, 0.15) is 5.75 Å². The van der Waals surface area contributed by atoms with Crippen LogP contribution in [0.4, 0.5) is 0 Å². The largest absolute Gasteiger partial charge is 0.484 e. The van der Waals surface area contributed by atoms with E-state index in [-0.39, 0.29) is 12.5 Å². The van der Waals surface area contributed by atoms with Gasteiger partial charge in [0.15, 0.2) is 6.61 Å². The highest BCUT2D eigenvalue weighted by atomic mass is 35.5. The molecule has 2 aromatic rings. The quantitative estimate of drug-likeness (QED) is 0.834. The molecule has 2 rings (SSSR count). The van der Waals surface area contributed by atoms with Crippen molar-refractivity contribution in [3.8, 4) is 5.75 Å². The van der Waals surface area contributed by atoms with Crippen LogP contribution in [0.3, 0.4) is 0 Å². The summed E-state index contributed by atoms with van der Waals surface area (Å²) in [5, 5.41) is 4.99. The fourth-order valence-corrected chi connectivity index (χ4v) is 2.48. The summed E-state index contributed by atoms with van der Waals surface area (Å²) in [4.78, 5) is 12.3. The standard InChI is InChI=1S/C17H21ClN2O2/c1-11(2)9-16-12(3)19-20(13(16)4)17(21)10-22-15-7-5-14(18)6-8-15/h5-8,11H,9-10H2,1-4H3. The Morgan fingerprint density at radius 3 is 2.50 bits per heavy atom. The molecule has 5 heteroatoms. The number of ether oxygens (including phenoxy) is 1. The van der Waals surface area contributed by atoms with Crippen molar-refractivity contribution in [2.75, 3.05) is 6.61 Å². The summed E-state index contributed by atoms with van der Waals surface area (Å²) in [5.41, 5.74) is 2.96. The van der Waals surface area contributed by atoms with E-state index >= 15 is 0 Å². The molecule has 0 aliphatic heterocycles. The highest BCUT2D eigenvalue weighted by Gasteiger charge is 2.17. The molecule has 0 N–H and O–H groups in total. The van der Waals surface area contributed by atoms with Crippen LogP contribution in [0.25, 0.3) is 0 Å². The van der Waals surface area contributed by atoms with Crippen molar-refractivity contribution in [1.29, 1.82) is 0 Å². The third kappa shape index (κ3) is 3.89. The molecular formula is C17H21ClN2O2. The zero-order chi connectivity index (χ0) is 16.3. The Morgan fingerprint density at radius 1 is 1.27 bits per heavy atom. The first-order valence-electron chi connectivity index (χ1n) is 7.35. The second kappa shape index (κ2) is 6.97. The minimum Gasteiger partial charge on any atom is -0.484 e. The third-order valence-electron chi connectivity index (χ3n) is 3.47. The van der Waals surface area contributed by atoms with E-state index in [2.05, 4.69) is 18.9 Å². The normalized spacial score (nSPS) is 11.0. The highest BCUT2D eigenvalue weighted by Crippen LogP contribution is 2.18. The molecule has 0 unspecified atom stereocenters. The van der Waals surface area contributed by atoms with Gasteiger partial charge < -0.3 is 4.74 Å². The number of aromatic nitrogens is 2. The number of carbonyl (C=O) groups is 1. The minimum atomic E-state index is -0.175. The molecule has 0 aliphatic carbocycles. The first-order chi connectivity index (χ1) is 10.4. The van der Waals surface area contributed by atoms with Crippen molar-refractivity contribution in [3.63, 3.8) is 0 Å². The zero-order valence-electron chi connectivity index (χ0n) is 13.4. The smallest absolute Gasteiger partial charge is 0.284 e. The van der Waals surface area contributed by atoms with Crippen LogP contribution < -0.4 is 4.74 Å². The maximum atomic E-state index is 12.3. The van der Waals surface area contributed by atoms with Crippen molar-refractivity contribution in [1.82, 2.24) is 9.78 Å². The summed E-state index contributed by atoms with van der Waals surface area (Å²) < 4.78 is 6.94. The first-order valence-corrected chi connectivity index (χ1v) is 7.73. The van der Waals surface area contributed by atoms with E-state index in [4.69, 9.17) is 16.3 Å². The lowest BCUT2D eigenvalue weighted by Gasteiger charge is -2.08. The Morgan fingerprint density at radius 2 is 1.91 bits per heavy atom. The Labute approximate surface area is 136 Å². The number of halogens is 1. The summed E-state index contributed by atoms with van der Waals surface area (Å²) >= 11 is 5.82. The predicted molar refractivity (Wildman–Crippen MR) is 87.8 cm³/mol. The number of carbonyl (C=O) groups excluding carboxylic acids is 1. The Bertz CT molecular complexity index is 660. The number of hydrogen-bond donors (Lipinski definition) is 0. The molecule has 0 spiro atoms. The van der Waals surface area contributed by atoms with Gasteiger partial charge >= 0.3 is 0 Å². The molecule has 118 valence electrons. The lowest BCUT2D eigenvalue weighted by molar-refractivity contribution is 0.0818. The fourth-order valence-electron chi connectivity index (χ4n) is 2.36. The molecule has 0 aliphatic rings. The van der Waals surface area contributed by atoms with Gasteiger partial charge in [-0.15, -0.1) is 0 Å². The fraction of sp³-hybridized carbons (Fsp3) is 0.412. The molecule has 0 radical (unpaired) electrons. The van der Waals surface area contributed by atoms with Gasteiger partial charge in [-0.2, -0.15) is 5.10 Å². The van der Waals surface area contributed by atoms with Crippen LogP contribution in [0.5, 0.6) is 5.75 Å². The van der Waals surface area contributed by atoms with E-state index in [1.54, 1.807) is 24.3 Å². The molecule has 22 heavy (non-hydrogen) atoms. The maximum Gasteiger partial charge on any atom is 0.284 e. The monoisotopic (exact) mass is 320 g/mol. The Kier molecular flexibility index (Phi) is 5.24. The summed E-state index contributed by atoms with van der Waals surface area (Å²) in [6.45, 7) is 8.13. The average molecular weight is 321 g/mol. The number of rotatable bonds is 5. The van der Waals surface area contributed by atoms with Crippen LogP contribution in [0.15, 0.2) is 24.3 Å². The molecule has 0 atom stereocenters. The highest BCUT2D eigenvalue weighted by molar-refractivity contribution is 6.30. The molecule has 0 saturated heterocycles. The van der Waals surface area contributed by atoms with Gasteiger partial charge in [0.25, 0.3) is 5.91 Å².